The highest BCUT2D eigenvalue weighted by Gasteiger charge is 2.10. The molecule has 2 aromatic carbocycles. The lowest BCUT2D eigenvalue weighted by Crippen LogP contribution is -2.28. The van der Waals surface area contributed by atoms with Crippen LogP contribution in [0.15, 0.2) is 57.5 Å². The summed E-state index contributed by atoms with van der Waals surface area (Å²) in [6.07, 6.45) is 0. The van der Waals surface area contributed by atoms with Crippen LogP contribution in [0.25, 0.3) is 11.4 Å². The van der Waals surface area contributed by atoms with Gasteiger partial charge in [0.15, 0.2) is 0 Å². The molecule has 0 radical (unpaired) electrons. The fraction of sp³-hybridized carbons (Fsp3) is 0.0625. The van der Waals surface area contributed by atoms with Crippen LogP contribution in [0.1, 0.15) is 5.89 Å². The van der Waals surface area contributed by atoms with E-state index < -0.39 is 0 Å². The van der Waals surface area contributed by atoms with E-state index in [1.165, 1.54) is 0 Å². The summed E-state index contributed by atoms with van der Waals surface area (Å²) in [7, 11) is 0. The fourth-order valence-corrected chi connectivity index (χ4v) is 2.46. The summed E-state index contributed by atoms with van der Waals surface area (Å²) in [5.74, 6) is 0.780. The number of amides is 2. The second-order valence-electron chi connectivity index (χ2n) is 4.84. The molecule has 3 aromatic rings. The molecule has 0 aliphatic carbocycles. The Kier molecular flexibility index (Phi) is 5.12. The zero-order valence-electron chi connectivity index (χ0n) is 12.3. The van der Waals surface area contributed by atoms with E-state index in [2.05, 4.69) is 36.7 Å². The van der Waals surface area contributed by atoms with Crippen molar-refractivity contribution < 1.29 is 9.32 Å². The summed E-state index contributed by atoms with van der Waals surface area (Å²) >= 11 is 9.19. The zero-order chi connectivity index (χ0) is 16.9. The van der Waals surface area contributed by atoms with Gasteiger partial charge in [0.05, 0.1) is 6.54 Å². The third kappa shape index (κ3) is 4.33. The van der Waals surface area contributed by atoms with Crippen LogP contribution in [0.3, 0.4) is 0 Å². The molecule has 0 saturated heterocycles. The van der Waals surface area contributed by atoms with Gasteiger partial charge in [-0.25, -0.2) is 4.79 Å². The van der Waals surface area contributed by atoms with Crippen LogP contribution in [-0.4, -0.2) is 16.2 Å². The number of halogens is 2. The highest BCUT2D eigenvalue weighted by molar-refractivity contribution is 9.10. The summed E-state index contributed by atoms with van der Waals surface area (Å²) in [4.78, 5) is 16.1. The second kappa shape index (κ2) is 7.46. The Morgan fingerprint density at radius 2 is 2.00 bits per heavy atom. The normalized spacial score (nSPS) is 10.4. The molecule has 0 fully saturated rings. The number of anilines is 1. The monoisotopic (exact) mass is 406 g/mol. The van der Waals surface area contributed by atoms with Gasteiger partial charge >= 0.3 is 6.03 Å². The molecule has 0 bridgehead atoms. The SMILES string of the molecule is O=C(NCc1nc(-c2cccc(Br)c2)no1)Nc1ccc(Cl)cc1. The third-order valence-electron chi connectivity index (χ3n) is 3.05. The Morgan fingerprint density at radius 1 is 1.21 bits per heavy atom. The first-order valence-electron chi connectivity index (χ1n) is 6.99. The first kappa shape index (κ1) is 16.5. The van der Waals surface area contributed by atoms with Gasteiger partial charge in [-0.05, 0) is 36.4 Å². The Labute approximate surface area is 151 Å². The zero-order valence-corrected chi connectivity index (χ0v) is 14.6. The van der Waals surface area contributed by atoms with Gasteiger partial charge in [0.25, 0.3) is 0 Å². The number of rotatable bonds is 4. The van der Waals surface area contributed by atoms with Crippen molar-refractivity contribution in [1.29, 1.82) is 0 Å². The molecule has 1 heterocycles. The Morgan fingerprint density at radius 3 is 2.75 bits per heavy atom. The molecule has 24 heavy (non-hydrogen) atoms. The van der Waals surface area contributed by atoms with Crippen molar-refractivity contribution in [1.82, 2.24) is 15.5 Å². The predicted molar refractivity (Wildman–Crippen MR) is 94.7 cm³/mol. The molecule has 0 saturated carbocycles. The quantitative estimate of drug-likeness (QED) is 0.668. The van der Waals surface area contributed by atoms with Gasteiger partial charge in [-0.1, -0.05) is 44.8 Å². The highest BCUT2D eigenvalue weighted by Crippen LogP contribution is 2.20. The van der Waals surface area contributed by atoms with Crippen LogP contribution in [0.4, 0.5) is 10.5 Å². The van der Waals surface area contributed by atoms with Crippen molar-refractivity contribution in [3.63, 3.8) is 0 Å². The van der Waals surface area contributed by atoms with Crippen molar-refractivity contribution in [2.24, 2.45) is 0 Å². The summed E-state index contributed by atoms with van der Waals surface area (Å²) in [5, 5.41) is 9.84. The maximum atomic E-state index is 11.8. The Hall–Kier alpha value is -2.38. The Bertz CT molecular complexity index is 851. The molecule has 0 spiro atoms. The lowest BCUT2D eigenvalue weighted by atomic mass is 10.2. The number of nitrogens with one attached hydrogen (secondary N) is 2. The van der Waals surface area contributed by atoms with Crippen LogP contribution >= 0.6 is 27.5 Å². The van der Waals surface area contributed by atoms with Crippen molar-refractivity contribution in [2.75, 3.05) is 5.32 Å². The van der Waals surface area contributed by atoms with Gasteiger partial charge in [-0.3, -0.25) is 0 Å². The standard InChI is InChI=1S/C16H12BrClN4O2/c17-11-3-1-2-10(8-11)15-21-14(24-22-15)9-19-16(23)20-13-6-4-12(18)5-7-13/h1-8H,9H2,(H2,19,20,23). The van der Waals surface area contributed by atoms with Gasteiger partial charge < -0.3 is 15.2 Å². The van der Waals surface area contributed by atoms with Crippen molar-refractivity contribution in [3.05, 3.63) is 63.9 Å². The van der Waals surface area contributed by atoms with E-state index >= 15 is 0 Å². The molecule has 0 unspecified atom stereocenters. The third-order valence-corrected chi connectivity index (χ3v) is 3.80. The minimum atomic E-state index is -0.375. The van der Waals surface area contributed by atoms with E-state index in [9.17, 15) is 4.79 Å². The van der Waals surface area contributed by atoms with Crippen LogP contribution in [-0.2, 0) is 6.54 Å². The van der Waals surface area contributed by atoms with Gasteiger partial charge in [0, 0.05) is 20.7 Å². The number of hydrogen-bond acceptors (Lipinski definition) is 4. The number of benzene rings is 2. The predicted octanol–water partition coefficient (Wildman–Crippen LogP) is 4.47. The fourth-order valence-electron chi connectivity index (χ4n) is 1.94. The lowest BCUT2D eigenvalue weighted by Gasteiger charge is -2.05. The smallest absolute Gasteiger partial charge is 0.319 e. The van der Waals surface area contributed by atoms with Crippen molar-refractivity contribution >= 4 is 39.2 Å². The minimum Gasteiger partial charge on any atom is -0.337 e. The summed E-state index contributed by atoms with van der Waals surface area (Å²) in [6, 6.07) is 14.0. The molecular formula is C16H12BrClN4O2. The number of urea groups is 1. The molecule has 6 nitrogen and oxygen atoms in total. The lowest BCUT2D eigenvalue weighted by molar-refractivity contribution is 0.249. The largest absolute Gasteiger partial charge is 0.337 e. The number of carbonyl (C=O) groups excluding carboxylic acids is 1. The van der Waals surface area contributed by atoms with E-state index in [1.54, 1.807) is 24.3 Å². The molecular weight excluding hydrogens is 396 g/mol. The first-order chi connectivity index (χ1) is 11.6. The molecule has 1 aromatic heterocycles. The molecule has 8 heteroatoms. The number of hydrogen-bond donors (Lipinski definition) is 2. The van der Waals surface area contributed by atoms with Gasteiger partial charge in [0.2, 0.25) is 11.7 Å². The molecule has 0 atom stereocenters. The van der Waals surface area contributed by atoms with Crippen LogP contribution in [0.2, 0.25) is 5.02 Å². The number of nitrogens with zero attached hydrogens (tertiary/aromatic N) is 2. The van der Waals surface area contributed by atoms with Crippen LogP contribution < -0.4 is 10.6 Å². The average molecular weight is 408 g/mol. The van der Waals surface area contributed by atoms with Crippen LogP contribution in [0, 0.1) is 0 Å². The summed E-state index contributed by atoms with van der Waals surface area (Å²) in [5.41, 5.74) is 1.46. The molecule has 0 aliphatic rings. The average Bonchev–Trinajstić information content (AvgIpc) is 3.04. The van der Waals surface area contributed by atoms with E-state index in [1.807, 2.05) is 24.3 Å². The molecule has 122 valence electrons. The highest BCUT2D eigenvalue weighted by atomic mass is 79.9. The number of carbonyl (C=O) groups is 1. The topological polar surface area (TPSA) is 80.1 Å². The van der Waals surface area contributed by atoms with E-state index in [0.717, 1.165) is 10.0 Å². The van der Waals surface area contributed by atoms with Crippen LogP contribution in [0.5, 0.6) is 0 Å². The first-order valence-corrected chi connectivity index (χ1v) is 8.16. The molecule has 0 aliphatic heterocycles. The van der Waals surface area contributed by atoms with Crippen molar-refractivity contribution in [3.8, 4) is 11.4 Å². The minimum absolute atomic E-state index is 0.125. The van der Waals surface area contributed by atoms with E-state index in [0.29, 0.717) is 22.4 Å². The van der Waals surface area contributed by atoms with Crippen molar-refractivity contribution in [2.45, 2.75) is 6.54 Å². The molecule has 2 amide bonds. The summed E-state index contributed by atoms with van der Waals surface area (Å²) < 4.78 is 6.06. The summed E-state index contributed by atoms with van der Waals surface area (Å²) in [6.45, 7) is 0.125. The van der Waals surface area contributed by atoms with E-state index in [-0.39, 0.29) is 12.6 Å². The Balaban J connectivity index is 1.57. The van der Waals surface area contributed by atoms with E-state index in [4.69, 9.17) is 16.1 Å². The van der Waals surface area contributed by atoms with Gasteiger partial charge in [-0.2, -0.15) is 4.98 Å². The van der Waals surface area contributed by atoms with Gasteiger partial charge in [0.1, 0.15) is 0 Å². The number of aromatic nitrogens is 2. The van der Waals surface area contributed by atoms with Gasteiger partial charge in [-0.15, -0.1) is 0 Å². The maximum Gasteiger partial charge on any atom is 0.319 e. The molecule has 2 N–H and O–H groups in total. The second-order valence-corrected chi connectivity index (χ2v) is 6.19. The maximum absolute atomic E-state index is 11.8. The molecule has 3 rings (SSSR count).